The van der Waals surface area contributed by atoms with Crippen molar-refractivity contribution in [3.8, 4) is 11.5 Å². The third kappa shape index (κ3) is 2.79. The summed E-state index contributed by atoms with van der Waals surface area (Å²) in [6.45, 7) is 4.30. The molecule has 3 rings (SSSR count). The smallest absolute Gasteiger partial charge is 0.164 e. The van der Waals surface area contributed by atoms with Crippen LogP contribution in [0.5, 0.6) is 11.5 Å². The normalized spacial score (nSPS) is 33.2. The monoisotopic (exact) mass is 424 g/mol. The number of fused-ring (bicyclic) bond motifs is 2. The van der Waals surface area contributed by atoms with E-state index in [1.54, 1.807) is 21.3 Å². The number of benzene rings is 1. The van der Waals surface area contributed by atoms with Crippen molar-refractivity contribution in [2.45, 2.75) is 29.2 Å². The number of hydrogen-bond donors (Lipinski definition) is 0. The van der Waals surface area contributed by atoms with Crippen LogP contribution in [0, 0.1) is 11.8 Å². The SMILES string of the molecule is C=CC1(c2cccc(OC)c2OC)C2CC(OCOC)C(C2)C(=O)C1Br. The molecule has 2 saturated carbocycles. The lowest BCUT2D eigenvalue weighted by molar-refractivity contribution is -0.132. The van der Waals surface area contributed by atoms with Gasteiger partial charge in [0.15, 0.2) is 17.3 Å². The Balaban J connectivity index is 2.10. The van der Waals surface area contributed by atoms with Gasteiger partial charge in [0.05, 0.1) is 25.2 Å². The van der Waals surface area contributed by atoms with E-state index in [9.17, 15) is 4.79 Å². The van der Waals surface area contributed by atoms with E-state index >= 15 is 0 Å². The molecule has 0 aromatic heterocycles. The average Bonchev–Trinajstić information content (AvgIpc) is 3.07. The Hall–Kier alpha value is -1.37. The predicted octanol–water partition coefficient (Wildman–Crippen LogP) is 3.49. The number of halogens is 1. The summed E-state index contributed by atoms with van der Waals surface area (Å²) in [7, 11) is 4.82. The first-order chi connectivity index (χ1) is 12.5. The molecule has 5 nitrogen and oxygen atoms in total. The van der Waals surface area contributed by atoms with Crippen LogP contribution in [0.4, 0.5) is 0 Å². The number of methoxy groups -OCH3 is 3. The van der Waals surface area contributed by atoms with Gasteiger partial charge in [0.2, 0.25) is 0 Å². The van der Waals surface area contributed by atoms with Crippen LogP contribution >= 0.6 is 15.9 Å². The van der Waals surface area contributed by atoms with Gasteiger partial charge in [-0.1, -0.05) is 34.1 Å². The second kappa shape index (κ2) is 7.71. The van der Waals surface area contributed by atoms with Crippen molar-refractivity contribution in [2.24, 2.45) is 11.8 Å². The fourth-order valence-corrected chi connectivity index (χ4v) is 5.77. The van der Waals surface area contributed by atoms with Crippen LogP contribution < -0.4 is 9.47 Å². The molecule has 5 atom stereocenters. The Morgan fingerprint density at radius 3 is 2.65 bits per heavy atom. The fourth-order valence-electron chi connectivity index (χ4n) is 4.62. The highest BCUT2D eigenvalue weighted by Gasteiger charge is 2.60. The maximum atomic E-state index is 13.2. The molecule has 26 heavy (non-hydrogen) atoms. The van der Waals surface area contributed by atoms with Crippen LogP contribution in [0.25, 0.3) is 0 Å². The first-order valence-electron chi connectivity index (χ1n) is 8.68. The molecular formula is C20H25BrO5. The van der Waals surface area contributed by atoms with Crippen LogP contribution in [-0.2, 0) is 19.7 Å². The summed E-state index contributed by atoms with van der Waals surface area (Å²) in [6, 6.07) is 5.77. The van der Waals surface area contributed by atoms with Crippen LogP contribution in [0.2, 0.25) is 0 Å². The predicted molar refractivity (Wildman–Crippen MR) is 102 cm³/mol. The number of para-hydroxylation sites is 1. The number of alkyl halides is 1. The zero-order chi connectivity index (χ0) is 18.9. The van der Waals surface area contributed by atoms with Crippen LogP contribution in [0.1, 0.15) is 18.4 Å². The summed E-state index contributed by atoms with van der Waals surface area (Å²) in [4.78, 5) is 12.8. The molecule has 2 aliphatic carbocycles. The van der Waals surface area contributed by atoms with Crippen molar-refractivity contribution in [1.82, 2.24) is 0 Å². The molecule has 0 saturated heterocycles. The minimum absolute atomic E-state index is 0.121. The van der Waals surface area contributed by atoms with Gasteiger partial charge >= 0.3 is 0 Å². The number of hydrogen-bond acceptors (Lipinski definition) is 5. The third-order valence-electron chi connectivity index (χ3n) is 5.82. The number of carbonyl (C=O) groups is 1. The van der Waals surface area contributed by atoms with Gasteiger partial charge in [-0.3, -0.25) is 4.79 Å². The quantitative estimate of drug-likeness (QED) is 0.380. The highest BCUT2D eigenvalue weighted by atomic mass is 79.9. The standard InChI is InChI=1S/C20H25BrO5/c1-5-20(14-7-6-8-15(24-3)18(14)25-4)12-9-13(17(22)19(20)21)16(10-12)26-11-23-2/h5-8,12-13,16,19H,1,9-11H2,2-4H3. The molecule has 5 unspecified atom stereocenters. The molecule has 0 heterocycles. The topological polar surface area (TPSA) is 54.0 Å². The fraction of sp³-hybridized carbons (Fsp3) is 0.550. The van der Waals surface area contributed by atoms with Crippen molar-refractivity contribution < 1.29 is 23.7 Å². The highest BCUT2D eigenvalue weighted by molar-refractivity contribution is 9.10. The van der Waals surface area contributed by atoms with Gasteiger partial charge in [0.1, 0.15) is 6.79 Å². The number of Topliss-reactive ketones (excluding diaryl/α,β-unsaturated/α-hetero) is 1. The van der Waals surface area contributed by atoms with Gasteiger partial charge in [0.25, 0.3) is 0 Å². The molecule has 6 heteroatoms. The Kier molecular flexibility index (Phi) is 5.75. The first kappa shape index (κ1) is 19.4. The summed E-state index contributed by atoms with van der Waals surface area (Å²) < 4.78 is 22.0. The maximum Gasteiger partial charge on any atom is 0.164 e. The molecule has 0 N–H and O–H groups in total. The van der Waals surface area contributed by atoms with Crippen LogP contribution in [-0.4, -0.2) is 44.8 Å². The Labute approximate surface area is 162 Å². The van der Waals surface area contributed by atoms with E-state index in [4.69, 9.17) is 18.9 Å². The molecule has 1 aromatic rings. The van der Waals surface area contributed by atoms with Crippen LogP contribution in [0.3, 0.4) is 0 Å². The third-order valence-corrected chi connectivity index (χ3v) is 7.03. The van der Waals surface area contributed by atoms with Gasteiger partial charge in [-0.2, -0.15) is 0 Å². The minimum Gasteiger partial charge on any atom is -0.493 e. The van der Waals surface area contributed by atoms with Crippen molar-refractivity contribution in [2.75, 3.05) is 28.1 Å². The van der Waals surface area contributed by atoms with E-state index in [1.807, 2.05) is 24.3 Å². The van der Waals surface area contributed by atoms with Gasteiger partial charge in [-0.15, -0.1) is 6.58 Å². The van der Waals surface area contributed by atoms with E-state index in [1.165, 1.54) is 0 Å². The maximum absolute atomic E-state index is 13.2. The largest absolute Gasteiger partial charge is 0.493 e. The van der Waals surface area contributed by atoms with E-state index in [-0.39, 0.29) is 30.5 Å². The molecule has 1 aromatic carbocycles. The Morgan fingerprint density at radius 1 is 1.27 bits per heavy atom. The lowest BCUT2D eigenvalue weighted by Gasteiger charge is -2.44. The zero-order valence-electron chi connectivity index (χ0n) is 15.4. The molecule has 2 fully saturated rings. The number of ketones is 1. The molecule has 2 bridgehead atoms. The van der Waals surface area contributed by atoms with Crippen molar-refractivity contribution in [3.05, 3.63) is 36.4 Å². The van der Waals surface area contributed by atoms with Gasteiger partial charge in [-0.25, -0.2) is 0 Å². The van der Waals surface area contributed by atoms with E-state index in [0.29, 0.717) is 11.5 Å². The van der Waals surface area contributed by atoms with Gasteiger partial charge in [0, 0.05) is 24.0 Å². The van der Waals surface area contributed by atoms with E-state index in [0.717, 1.165) is 18.4 Å². The summed E-state index contributed by atoms with van der Waals surface area (Å²) in [5.41, 5.74) is 0.332. The second-order valence-electron chi connectivity index (χ2n) is 6.83. The number of ether oxygens (including phenoxy) is 4. The first-order valence-corrected chi connectivity index (χ1v) is 9.60. The summed E-state index contributed by atoms with van der Waals surface area (Å²) in [6.07, 6.45) is 3.29. The van der Waals surface area contributed by atoms with E-state index in [2.05, 4.69) is 22.5 Å². The molecule has 2 aliphatic rings. The van der Waals surface area contributed by atoms with E-state index < -0.39 is 10.2 Å². The number of carbonyl (C=O) groups excluding carboxylic acids is 1. The Morgan fingerprint density at radius 2 is 2.04 bits per heavy atom. The number of allylic oxidation sites excluding steroid dienone is 1. The second-order valence-corrected chi connectivity index (χ2v) is 7.75. The van der Waals surface area contributed by atoms with Crippen molar-refractivity contribution in [1.29, 1.82) is 0 Å². The molecule has 0 spiro atoms. The lowest BCUT2D eigenvalue weighted by Crippen LogP contribution is -2.49. The Bertz CT molecular complexity index is 691. The zero-order valence-corrected chi connectivity index (χ0v) is 17.0. The van der Waals surface area contributed by atoms with Crippen molar-refractivity contribution in [3.63, 3.8) is 0 Å². The molecule has 0 aliphatic heterocycles. The lowest BCUT2D eigenvalue weighted by atomic mass is 9.62. The molecule has 0 radical (unpaired) electrons. The van der Waals surface area contributed by atoms with Gasteiger partial charge in [-0.05, 0) is 24.8 Å². The van der Waals surface area contributed by atoms with Crippen LogP contribution in [0.15, 0.2) is 30.9 Å². The molecule has 0 amide bonds. The summed E-state index contributed by atoms with van der Waals surface area (Å²) >= 11 is 3.70. The minimum atomic E-state index is -0.585. The summed E-state index contributed by atoms with van der Waals surface area (Å²) in [5, 5.41) is 0. The summed E-state index contributed by atoms with van der Waals surface area (Å²) in [5.74, 6) is 1.52. The number of rotatable bonds is 7. The van der Waals surface area contributed by atoms with Crippen molar-refractivity contribution >= 4 is 21.7 Å². The molecular weight excluding hydrogens is 400 g/mol. The average molecular weight is 425 g/mol. The molecule has 142 valence electrons. The highest BCUT2D eigenvalue weighted by Crippen LogP contribution is 2.58. The van der Waals surface area contributed by atoms with Gasteiger partial charge < -0.3 is 18.9 Å².